The highest BCUT2D eigenvalue weighted by atomic mass is 79.9. The Kier molecular flexibility index (Phi) is 5.26. The molecule has 3 atom stereocenters. The molecule has 2 fully saturated rings. The summed E-state index contributed by atoms with van der Waals surface area (Å²) < 4.78 is 1.04. The summed E-state index contributed by atoms with van der Waals surface area (Å²) in [5.74, 6) is 0.976. The molecule has 21 heavy (non-hydrogen) atoms. The van der Waals surface area contributed by atoms with Crippen LogP contribution in [0, 0.1) is 5.92 Å². The van der Waals surface area contributed by atoms with Crippen molar-refractivity contribution in [3.63, 3.8) is 0 Å². The van der Waals surface area contributed by atoms with Crippen molar-refractivity contribution in [1.29, 1.82) is 0 Å². The molecule has 1 aromatic rings. The minimum Gasteiger partial charge on any atom is -0.310 e. The minimum atomic E-state index is 0.356. The highest BCUT2D eigenvalue weighted by Crippen LogP contribution is 2.38. The fraction of sp³-hybridized carbons (Fsp3) is 0.647. The second-order valence-electron chi connectivity index (χ2n) is 6.39. The second kappa shape index (κ2) is 6.99. The lowest BCUT2D eigenvalue weighted by atomic mass is 10.0. The Labute approximate surface area is 141 Å². The van der Waals surface area contributed by atoms with Gasteiger partial charge in [-0.25, -0.2) is 0 Å². The molecule has 2 bridgehead atoms. The maximum absolute atomic E-state index is 6.43. The standard InChI is InChI=1S/C17H24BrClN2/c1-2-20-17(15-6-4-13(18)10-16(15)19)7-8-21-11-12-3-5-14(21)9-12/h4,6,10,12,14,17,20H,2-3,5,7-9,11H2,1H3. The van der Waals surface area contributed by atoms with E-state index in [-0.39, 0.29) is 0 Å². The van der Waals surface area contributed by atoms with Gasteiger partial charge in [0.2, 0.25) is 0 Å². The Morgan fingerprint density at radius 2 is 2.29 bits per heavy atom. The van der Waals surface area contributed by atoms with Crippen LogP contribution in [-0.2, 0) is 0 Å². The Hall–Kier alpha value is -0.0900. The summed E-state index contributed by atoms with van der Waals surface area (Å²) in [7, 11) is 0. The summed E-state index contributed by atoms with van der Waals surface area (Å²) in [5.41, 5.74) is 1.23. The van der Waals surface area contributed by atoms with E-state index in [4.69, 9.17) is 11.6 Å². The molecule has 3 rings (SSSR count). The molecule has 0 amide bonds. The van der Waals surface area contributed by atoms with Crippen LogP contribution in [0.15, 0.2) is 22.7 Å². The van der Waals surface area contributed by atoms with Crippen molar-refractivity contribution in [2.45, 2.75) is 44.7 Å². The van der Waals surface area contributed by atoms with E-state index >= 15 is 0 Å². The predicted molar refractivity (Wildman–Crippen MR) is 92.9 cm³/mol. The highest BCUT2D eigenvalue weighted by Gasteiger charge is 2.37. The van der Waals surface area contributed by atoms with Crippen LogP contribution in [0.4, 0.5) is 0 Å². The maximum atomic E-state index is 6.43. The first-order valence-corrected chi connectivity index (χ1v) is 9.27. The Balaban J connectivity index is 1.64. The number of hydrogen-bond donors (Lipinski definition) is 1. The second-order valence-corrected chi connectivity index (χ2v) is 7.72. The van der Waals surface area contributed by atoms with Gasteiger partial charge in [0.25, 0.3) is 0 Å². The third kappa shape index (κ3) is 3.64. The van der Waals surface area contributed by atoms with Crippen molar-refractivity contribution in [2.24, 2.45) is 5.92 Å². The maximum Gasteiger partial charge on any atom is 0.0465 e. The molecular weight excluding hydrogens is 348 g/mol. The highest BCUT2D eigenvalue weighted by molar-refractivity contribution is 9.10. The van der Waals surface area contributed by atoms with Gasteiger partial charge in [-0.15, -0.1) is 0 Å². The van der Waals surface area contributed by atoms with E-state index in [0.29, 0.717) is 6.04 Å². The number of fused-ring (bicyclic) bond motifs is 2. The molecule has 2 nitrogen and oxygen atoms in total. The van der Waals surface area contributed by atoms with E-state index in [1.54, 1.807) is 0 Å². The zero-order valence-corrected chi connectivity index (χ0v) is 15.0. The Morgan fingerprint density at radius 3 is 2.90 bits per heavy atom. The van der Waals surface area contributed by atoms with E-state index in [0.717, 1.165) is 34.4 Å². The van der Waals surface area contributed by atoms with Crippen LogP contribution in [0.1, 0.15) is 44.2 Å². The van der Waals surface area contributed by atoms with Gasteiger partial charge in [-0.3, -0.25) is 0 Å². The molecule has 1 saturated carbocycles. The van der Waals surface area contributed by atoms with Crippen LogP contribution in [-0.4, -0.2) is 30.6 Å². The molecule has 1 saturated heterocycles. The van der Waals surface area contributed by atoms with Gasteiger partial charge < -0.3 is 10.2 Å². The molecule has 1 heterocycles. The normalized spacial score (nSPS) is 26.4. The summed E-state index contributed by atoms with van der Waals surface area (Å²) in [6.45, 7) is 5.64. The molecule has 2 aliphatic rings. The number of halogens is 2. The summed E-state index contributed by atoms with van der Waals surface area (Å²) in [6.07, 6.45) is 5.44. The molecular formula is C17H24BrClN2. The first-order valence-electron chi connectivity index (χ1n) is 8.09. The third-order valence-corrected chi connectivity index (χ3v) is 5.84. The molecule has 1 aliphatic heterocycles. The predicted octanol–water partition coefficient (Wildman–Crippen LogP) is 4.63. The SMILES string of the molecule is CCNC(CCN1CC2CCC1C2)c1ccc(Br)cc1Cl. The smallest absolute Gasteiger partial charge is 0.0465 e. The zero-order chi connectivity index (χ0) is 14.8. The molecule has 0 aromatic heterocycles. The number of nitrogens with one attached hydrogen (secondary N) is 1. The van der Waals surface area contributed by atoms with Gasteiger partial charge in [0.1, 0.15) is 0 Å². The van der Waals surface area contributed by atoms with Crippen LogP contribution in [0.25, 0.3) is 0 Å². The molecule has 3 unspecified atom stereocenters. The lowest BCUT2D eigenvalue weighted by Crippen LogP contribution is -2.35. The first kappa shape index (κ1) is 15.8. The lowest BCUT2D eigenvalue weighted by molar-refractivity contribution is 0.203. The van der Waals surface area contributed by atoms with Gasteiger partial charge in [0, 0.05) is 34.7 Å². The Bertz CT molecular complexity index is 494. The summed E-state index contributed by atoms with van der Waals surface area (Å²) in [4.78, 5) is 2.70. The molecule has 1 N–H and O–H groups in total. The number of benzene rings is 1. The van der Waals surface area contributed by atoms with Gasteiger partial charge in [0.05, 0.1) is 0 Å². The van der Waals surface area contributed by atoms with Crippen LogP contribution < -0.4 is 5.32 Å². The topological polar surface area (TPSA) is 15.3 Å². The largest absolute Gasteiger partial charge is 0.310 e. The quantitative estimate of drug-likeness (QED) is 0.784. The van der Waals surface area contributed by atoms with Gasteiger partial charge in [0.15, 0.2) is 0 Å². The van der Waals surface area contributed by atoms with Gasteiger partial charge in [-0.1, -0.05) is 40.5 Å². The Morgan fingerprint density at radius 1 is 1.43 bits per heavy atom. The summed E-state index contributed by atoms with van der Waals surface area (Å²) in [6, 6.07) is 7.45. The van der Waals surface area contributed by atoms with Gasteiger partial charge in [-0.05, 0) is 55.8 Å². The zero-order valence-electron chi connectivity index (χ0n) is 12.6. The minimum absolute atomic E-state index is 0.356. The van der Waals surface area contributed by atoms with Gasteiger partial charge >= 0.3 is 0 Å². The van der Waals surface area contributed by atoms with Crippen LogP contribution in [0.2, 0.25) is 5.02 Å². The average Bonchev–Trinajstić information content (AvgIpc) is 3.06. The summed E-state index contributed by atoms with van der Waals surface area (Å²) in [5, 5.41) is 4.46. The molecule has 4 heteroatoms. The molecule has 116 valence electrons. The van der Waals surface area contributed by atoms with Crippen molar-refractivity contribution in [3.05, 3.63) is 33.3 Å². The first-order chi connectivity index (χ1) is 10.2. The van der Waals surface area contributed by atoms with Crippen molar-refractivity contribution in [1.82, 2.24) is 10.2 Å². The van der Waals surface area contributed by atoms with E-state index in [1.165, 1.54) is 37.9 Å². The third-order valence-electron chi connectivity index (χ3n) is 5.02. The van der Waals surface area contributed by atoms with Crippen LogP contribution >= 0.6 is 27.5 Å². The number of piperidine rings is 1. The molecule has 0 radical (unpaired) electrons. The fourth-order valence-electron chi connectivity index (χ4n) is 3.99. The lowest BCUT2D eigenvalue weighted by Gasteiger charge is -2.29. The van der Waals surface area contributed by atoms with E-state index in [1.807, 2.05) is 6.07 Å². The van der Waals surface area contributed by atoms with Crippen LogP contribution in [0.5, 0.6) is 0 Å². The van der Waals surface area contributed by atoms with Crippen molar-refractivity contribution in [2.75, 3.05) is 19.6 Å². The van der Waals surface area contributed by atoms with E-state index in [2.05, 4.69) is 45.2 Å². The average molecular weight is 372 g/mol. The van der Waals surface area contributed by atoms with Crippen molar-refractivity contribution in [3.8, 4) is 0 Å². The van der Waals surface area contributed by atoms with E-state index in [9.17, 15) is 0 Å². The summed E-state index contributed by atoms with van der Waals surface area (Å²) >= 11 is 9.92. The van der Waals surface area contributed by atoms with Crippen LogP contribution in [0.3, 0.4) is 0 Å². The number of rotatable bonds is 6. The molecule has 1 aliphatic carbocycles. The number of nitrogens with zero attached hydrogens (tertiary/aromatic N) is 1. The fourth-order valence-corrected chi connectivity index (χ4v) is 4.80. The van der Waals surface area contributed by atoms with E-state index < -0.39 is 0 Å². The molecule has 0 spiro atoms. The van der Waals surface area contributed by atoms with Crippen molar-refractivity contribution >= 4 is 27.5 Å². The van der Waals surface area contributed by atoms with Crippen molar-refractivity contribution < 1.29 is 0 Å². The van der Waals surface area contributed by atoms with Gasteiger partial charge in [-0.2, -0.15) is 0 Å². The molecule has 1 aromatic carbocycles. The number of likely N-dealkylation sites (tertiary alicyclic amines) is 1. The monoisotopic (exact) mass is 370 g/mol. The number of hydrogen-bond acceptors (Lipinski definition) is 2.